The van der Waals surface area contributed by atoms with Crippen molar-refractivity contribution in [2.45, 2.75) is 47.5 Å². The SMILES string of the molecule is CC(C)(C)CC(C)(C)CC(=O)O.[H-].[H-].[Mg+2]. The molecule has 3 heteroatoms. The number of carboxylic acids is 1. The minimum absolute atomic E-state index is 0. The van der Waals surface area contributed by atoms with Gasteiger partial charge in [0.25, 0.3) is 0 Å². The van der Waals surface area contributed by atoms with Gasteiger partial charge in [-0.1, -0.05) is 34.6 Å². The number of aliphatic carboxylic acids is 1. The molecular weight excluding hydrogens is 176 g/mol. The van der Waals surface area contributed by atoms with Gasteiger partial charge in [-0.15, -0.1) is 0 Å². The van der Waals surface area contributed by atoms with E-state index in [-0.39, 0.29) is 43.2 Å². The van der Waals surface area contributed by atoms with Crippen LogP contribution in [0.5, 0.6) is 0 Å². The molecular formula is C10H22MgO2. The number of carboxylic acid groups (broad SMARTS) is 1. The average molecular weight is 199 g/mol. The van der Waals surface area contributed by atoms with Crippen molar-refractivity contribution < 1.29 is 12.8 Å². The first-order valence-electron chi connectivity index (χ1n) is 4.34. The van der Waals surface area contributed by atoms with E-state index in [9.17, 15) is 4.79 Å². The molecule has 0 aromatic heterocycles. The summed E-state index contributed by atoms with van der Waals surface area (Å²) in [4.78, 5) is 10.5. The van der Waals surface area contributed by atoms with E-state index in [0.717, 1.165) is 6.42 Å². The largest absolute Gasteiger partial charge is 2.00 e. The van der Waals surface area contributed by atoms with Gasteiger partial charge in [0.15, 0.2) is 0 Å². The molecule has 0 radical (unpaired) electrons. The van der Waals surface area contributed by atoms with Crippen LogP contribution in [0.15, 0.2) is 0 Å². The minimum atomic E-state index is -0.704. The zero-order chi connectivity index (χ0) is 9.99. The Morgan fingerprint density at radius 1 is 1.23 bits per heavy atom. The van der Waals surface area contributed by atoms with Crippen LogP contribution in [0, 0.1) is 10.8 Å². The smallest absolute Gasteiger partial charge is 1.00 e. The standard InChI is InChI=1S/C10H20O2.Mg.2H/c1-9(2,3)7-10(4,5)6-8(11)12;;;/h6-7H2,1-5H3,(H,11,12);;;/q;+2;2*-1. The predicted molar refractivity (Wildman–Crippen MR) is 58.1 cm³/mol. The molecule has 0 amide bonds. The van der Waals surface area contributed by atoms with Gasteiger partial charge in [0, 0.05) is 0 Å². The summed E-state index contributed by atoms with van der Waals surface area (Å²) in [6.45, 7) is 10.4. The van der Waals surface area contributed by atoms with Gasteiger partial charge in [-0.25, -0.2) is 0 Å². The molecule has 2 nitrogen and oxygen atoms in total. The summed E-state index contributed by atoms with van der Waals surface area (Å²) in [5, 5.41) is 8.65. The Morgan fingerprint density at radius 3 is 1.85 bits per heavy atom. The molecule has 13 heavy (non-hydrogen) atoms. The van der Waals surface area contributed by atoms with Crippen LogP contribution in [0.3, 0.4) is 0 Å². The first-order chi connectivity index (χ1) is 5.12. The first kappa shape index (κ1) is 15.7. The van der Waals surface area contributed by atoms with Crippen molar-refractivity contribution in [2.24, 2.45) is 10.8 Å². The van der Waals surface area contributed by atoms with Crippen molar-refractivity contribution in [3.63, 3.8) is 0 Å². The molecule has 0 aromatic rings. The Hall–Kier alpha value is 0.236. The summed E-state index contributed by atoms with van der Waals surface area (Å²) < 4.78 is 0. The molecule has 0 saturated carbocycles. The van der Waals surface area contributed by atoms with Crippen molar-refractivity contribution in [3.8, 4) is 0 Å². The zero-order valence-corrected chi connectivity index (χ0v) is 10.9. The van der Waals surface area contributed by atoms with Crippen molar-refractivity contribution in [3.05, 3.63) is 0 Å². The maximum Gasteiger partial charge on any atom is 2.00 e. The average Bonchev–Trinajstić information content (AvgIpc) is 1.48. The van der Waals surface area contributed by atoms with Crippen LogP contribution in [-0.4, -0.2) is 34.1 Å². The van der Waals surface area contributed by atoms with E-state index in [1.165, 1.54) is 0 Å². The fraction of sp³-hybridized carbons (Fsp3) is 0.900. The number of hydrogen-bond acceptors (Lipinski definition) is 1. The molecule has 0 aliphatic carbocycles. The molecule has 0 atom stereocenters. The number of hydrogen-bond donors (Lipinski definition) is 1. The van der Waals surface area contributed by atoms with Gasteiger partial charge in [0.1, 0.15) is 0 Å². The summed E-state index contributed by atoms with van der Waals surface area (Å²) in [5.41, 5.74) is 0.114. The fourth-order valence-electron chi connectivity index (χ4n) is 1.91. The molecule has 0 saturated heterocycles. The van der Waals surface area contributed by atoms with Crippen LogP contribution in [-0.2, 0) is 4.79 Å². The van der Waals surface area contributed by atoms with Gasteiger partial charge in [0.2, 0.25) is 0 Å². The summed E-state index contributed by atoms with van der Waals surface area (Å²) in [7, 11) is 0. The van der Waals surface area contributed by atoms with Crippen LogP contribution >= 0.6 is 0 Å². The number of rotatable bonds is 3. The summed E-state index contributed by atoms with van der Waals surface area (Å²) in [6, 6.07) is 0. The molecule has 0 rings (SSSR count). The van der Waals surface area contributed by atoms with E-state index in [1.807, 2.05) is 13.8 Å². The van der Waals surface area contributed by atoms with E-state index in [4.69, 9.17) is 5.11 Å². The normalized spacial score (nSPS) is 12.1. The van der Waals surface area contributed by atoms with Gasteiger partial charge in [-0.2, -0.15) is 0 Å². The molecule has 0 bridgehead atoms. The Morgan fingerprint density at radius 2 is 1.62 bits per heavy atom. The van der Waals surface area contributed by atoms with Gasteiger partial charge in [-0.05, 0) is 17.3 Å². The van der Waals surface area contributed by atoms with Crippen molar-refractivity contribution in [1.29, 1.82) is 0 Å². The topological polar surface area (TPSA) is 37.3 Å². The van der Waals surface area contributed by atoms with Gasteiger partial charge >= 0.3 is 29.0 Å². The summed E-state index contributed by atoms with van der Waals surface area (Å²) >= 11 is 0. The van der Waals surface area contributed by atoms with Gasteiger partial charge in [0.05, 0.1) is 6.42 Å². The fourth-order valence-corrected chi connectivity index (χ4v) is 1.91. The summed E-state index contributed by atoms with van der Waals surface area (Å²) in [5.74, 6) is -0.704. The second-order valence-corrected chi connectivity index (χ2v) is 5.47. The first-order valence-corrected chi connectivity index (χ1v) is 4.34. The zero-order valence-electron chi connectivity index (χ0n) is 11.5. The molecule has 0 aliphatic heterocycles. The van der Waals surface area contributed by atoms with Crippen molar-refractivity contribution in [2.75, 3.05) is 0 Å². The van der Waals surface area contributed by atoms with Crippen molar-refractivity contribution >= 4 is 29.0 Å². The molecule has 0 unspecified atom stereocenters. The molecule has 76 valence electrons. The Bertz CT molecular complexity index is 177. The third-order valence-corrected chi connectivity index (χ3v) is 1.64. The van der Waals surface area contributed by atoms with Crippen LogP contribution in [0.1, 0.15) is 50.3 Å². The van der Waals surface area contributed by atoms with Crippen LogP contribution in [0.25, 0.3) is 0 Å². The Kier molecular flexibility index (Phi) is 6.28. The molecule has 0 spiro atoms. The molecule has 1 N–H and O–H groups in total. The monoisotopic (exact) mass is 198 g/mol. The predicted octanol–water partition coefficient (Wildman–Crippen LogP) is 2.77. The quantitative estimate of drug-likeness (QED) is 0.708. The van der Waals surface area contributed by atoms with E-state index < -0.39 is 5.97 Å². The second-order valence-electron chi connectivity index (χ2n) is 5.47. The molecule has 0 aromatic carbocycles. The maximum atomic E-state index is 10.5. The van der Waals surface area contributed by atoms with E-state index >= 15 is 0 Å². The van der Waals surface area contributed by atoms with E-state index in [1.54, 1.807) is 0 Å². The summed E-state index contributed by atoms with van der Waals surface area (Å²) in [6.07, 6.45) is 1.19. The third kappa shape index (κ3) is 10.2. The third-order valence-electron chi connectivity index (χ3n) is 1.64. The van der Waals surface area contributed by atoms with Crippen LogP contribution < -0.4 is 0 Å². The molecule has 0 heterocycles. The van der Waals surface area contributed by atoms with Crippen molar-refractivity contribution in [1.82, 2.24) is 0 Å². The Labute approximate surface area is 100 Å². The molecule has 0 aliphatic rings. The van der Waals surface area contributed by atoms with Crippen LogP contribution in [0.4, 0.5) is 0 Å². The number of carbonyl (C=O) groups is 1. The second kappa shape index (κ2) is 5.20. The van der Waals surface area contributed by atoms with Gasteiger partial charge < -0.3 is 7.96 Å². The van der Waals surface area contributed by atoms with Crippen LogP contribution in [0.2, 0.25) is 0 Å². The van der Waals surface area contributed by atoms with Gasteiger partial charge in [-0.3, -0.25) is 4.79 Å². The molecule has 0 fully saturated rings. The maximum absolute atomic E-state index is 10.5. The van der Waals surface area contributed by atoms with E-state index in [0.29, 0.717) is 0 Å². The Balaban J connectivity index is -0.000000202. The van der Waals surface area contributed by atoms with E-state index in [2.05, 4.69) is 20.8 Å². The minimum Gasteiger partial charge on any atom is -1.00 e.